The Hall–Kier alpha value is -1.58. The number of hydrogen-bond acceptors (Lipinski definition) is 3. The summed E-state index contributed by atoms with van der Waals surface area (Å²) < 4.78 is 5.48. The van der Waals surface area contributed by atoms with Crippen molar-refractivity contribution in [3.05, 3.63) is 29.9 Å². The molecule has 1 heterocycles. The van der Waals surface area contributed by atoms with Gasteiger partial charge in [-0.25, -0.2) is 9.78 Å². The maximum Gasteiger partial charge on any atom is 0.333 e. The van der Waals surface area contributed by atoms with Crippen LogP contribution < -0.4 is 0 Å². The first-order valence-electron chi connectivity index (χ1n) is 6.98. The second-order valence-corrected chi connectivity index (χ2v) is 4.85. The molecule has 0 saturated carbocycles. The van der Waals surface area contributed by atoms with Gasteiger partial charge in [0.25, 0.3) is 0 Å². The molecule has 1 N–H and O–H groups in total. The summed E-state index contributed by atoms with van der Waals surface area (Å²) in [7, 11) is 0. The summed E-state index contributed by atoms with van der Waals surface area (Å²) in [5.41, 5.74) is 1.31. The zero-order valence-electron chi connectivity index (χ0n) is 12.2. The quantitative estimate of drug-likeness (QED) is 0.575. The number of nitrogens with one attached hydrogen (secondary N) is 1. The third kappa shape index (κ3) is 4.89. The number of aryl methyl sites for hydroxylation is 1. The number of carbonyl (C=O) groups excluding carboxylic acids is 1. The van der Waals surface area contributed by atoms with Gasteiger partial charge in [-0.15, -0.1) is 0 Å². The zero-order chi connectivity index (χ0) is 14.3. The predicted molar refractivity (Wildman–Crippen MR) is 75.8 cm³/mol. The number of H-pyrrole nitrogens is 1. The van der Waals surface area contributed by atoms with E-state index in [0.717, 1.165) is 43.6 Å². The molecular weight excluding hydrogens is 240 g/mol. The van der Waals surface area contributed by atoms with Gasteiger partial charge in [-0.05, 0) is 26.2 Å². The molecular formula is C15H24N2O2. The zero-order valence-corrected chi connectivity index (χ0v) is 12.2. The lowest BCUT2D eigenvalue weighted by Gasteiger charge is -2.16. The molecule has 1 aromatic rings. The van der Waals surface area contributed by atoms with E-state index in [1.807, 2.05) is 0 Å². The molecule has 0 radical (unpaired) electrons. The van der Waals surface area contributed by atoms with E-state index in [-0.39, 0.29) is 12.1 Å². The lowest BCUT2D eigenvalue weighted by molar-refractivity contribution is -0.145. The predicted octanol–water partition coefficient (Wildman–Crippen LogP) is 3.71. The summed E-state index contributed by atoms with van der Waals surface area (Å²) in [4.78, 5) is 19.2. The molecule has 4 nitrogen and oxygen atoms in total. The first-order valence-corrected chi connectivity index (χ1v) is 6.98. The Morgan fingerprint density at radius 1 is 1.47 bits per heavy atom. The van der Waals surface area contributed by atoms with Crippen molar-refractivity contribution in [2.75, 3.05) is 0 Å². The monoisotopic (exact) mass is 264 g/mol. The first-order chi connectivity index (χ1) is 9.08. The first kappa shape index (κ1) is 15.5. The summed E-state index contributed by atoms with van der Waals surface area (Å²) in [6.45, 7) is 9.50. The minimum atomic E-state index is -0.340. The Morgan fingerprint density at radius 3 is 2.79 bits per heavy atom. The van der Waals surface area contributed by atoms with Crippen molar-refractivity contribution in [1.82, 2.24) is 9.97 Å². The highest BCUT2D eigenvalue weighted by molar-refractivity contribution is 5.87. The highest BCUT2D eigenvalue weighted by Crippen LogP contribution is 2.23. The van der Waals surface area contributed by atoms with Crippen LogP contribution in [-0.2, 0) is 16.0 Å². The SMILES string of the molecule is C=C(C)C(=O)OC(CCCC)c1cnc(CCC)[nH]1. The van der Waals surface area contributed by atoms with E-state index in [4.69, 9.17) is 4.74 Å². The summed E-state index contributed by atoms with van der Waals surface area (Å²) in [5, 5.41) is 0. The van der Waals surface area contributed by atoms with Gasteiger partial charge < -0.3 is 9.72 Å². The molecule has 1 rings (SSSR count). The van der Waals surface area contributed by atoms with E-state index >= 15 is 0 Å². The van der Waals surface area contributed by atoms with Crippen LogP contribution in [0.2, 0.25) is 0 Å². The molecule has 0 amide bonds. The molecule has 1 aromatic heterocycles. The van der Waals surface area contributed by atoms with Gasteiger partial charge in [0.15, 0.2) is 0 Å². The number of aromatic amines is 1. The molecule has 19 heavy (non-hydrogen) atoms. The van der Waals surface area contributed by atoms with E-state index in [9.17, 15) is 4.79 Å². The molecule has 0 aromatic carbocycles. The van der Waals surface area contributed by atoms with Crippen LogP contribution in [0, 0.1) is 0 Å². The number of unbranched alkanes of at least 4 members (excludes halogenated alkanes) is 1. The molecule has 0 saturated heterocycles. The number of ether oxygens (including phenoxy) is 1. The van der Waals surface area contributed by atoms with Gasteiger partial charge in [0.05, 0.1) is 11.9 Å². The highest BCUT2D eigenvalue weighted by atomic mass is 16.5. The third-order valence-electron chi connectivity index (χ3n) is 2.90. The van der Waals surface area contributed by atoms with Crippen LogP contribution in [0.25, 0.3) is 0 Å². The third-order valence-corrected chi connectivity index (χ3v) is 2.90. The molecule has 0 aliphatic carbocycles. The maximum atomic E-state index is 11.7. The fraction of sp³-hybridized carbons (Fsp3) is 0.600. The Morgan fingerprint density at radius 2 is 2.21 bits per heavy atom. The van der Waals surface area contributed by atoms with E-state index in [1.165, 1.54) is 0 Å². The number of hydrogen-bond donors (Lipinski definition) is 1. The largest absolute Gasteiger partial charge is 0.453 e. The van der Waals surface area contributed by atoms with E-state index in [1.54, 1.807) is 13.1 Å². The number of carbonyl (C=O) groups is 1. The second kappa shape index (κ2) is 7.77. The van der Waals surface area contributed by atoms with Crippen molar-refractivity contribution in [1.29, 1.82) is 0 Å². The Labute approximate surface area is 115 Å². The molecule has 0 aliphatic heterocycles. The van der Waals surface area contributed by atoms with Crippen molar-refractivity contribution >= 4 is 5.97 Å². The average Bonchev–Trinajstić information content (AvgIpc) is 2.83. The van der Waals surface area contributed by atoms with Crippen molar-refractivity contribution in [3.8, 4) is 0 Å². The van der Waals surface area contributed by atoms with Crippen molar-refractivity contribution in [3.63, 3.8) is 0 Å². The lowest BCUT2D eigenvalue weighted by atomic mass is 10.1. The van der Waals surface area contributed by atoms with Gasteiger partial charge in [0, 0.05) is 12.0 Å². The highest BCUT2D eigenvalue weighted by Gasteiger charge is 2.19. The number of imidazole rings is 1. The smallest absolute Gasteiger partial charge is 0.333 e. The van der Waals surface area contributed by atoms with E-state index in [0.29, 0.717) is 5.57 Å². The molecule has 1 atom stereocenters. The Kier molecular flexibility index (Phi) is 6.33. The van der Waals surface area contributed by atoms with E-state index < -0.39 is 0 Å². The number of rotatable bonds is 8. The van der Waals surface area contributed by atoms with Gasteiger partial charge in [-0.1, -0.05) is 26.8 Å². The van der Waals surface area contributed by atoms with Crippen LogP contribution in [0.4, 0.5) is 0 Å². The summed E-state index contributed by atoms with van der Waals surface area (Å²) in [6, 6.07) is 0. The lowest BCUT2D eigenvalue weighted by Crippen LogP contribution is -2.12. The number of aromatic nitrogens is 2. The molecule has 1 unspecified atom stereocenters. The minimum Gasteiger partial charge on any atom is -0.453 e. The fourth-order valence-electron chi connectivity index (χ4n) is 1.80. The molecule has 0 spiro atoms. The van der Waals surface area contributed by atoms with Crippen LogP contribution >= 0.6 is 0 Å². The number of nitrogens with zero attached hydrogens (tertiary/aromatic N) is 1. The molecule has 4 heteroatoms. The molecule has 0 aliphatic rings. The summed E-state index contributed by atoms with van der Waals surface area (Å²) in [6.07, 6.45) is 6.36. The van der Waals surface area contributed by atoms with E-state index in [2.05, 4.69) is 30.4 Å². The molecule has 106 valence electrons. The van der Waals surface area contributed by atoms with Crippen molar-refractivity contribution < 1.29 is 9.53 Å². The van der Waals surface area contributed by atoms with Crippen molar-refractivity contribution in [2.45, 2.75) is 59.0 Å². The Balaban J connectivity index is 2.76. The van der Waals surface area contributed by atoms with Gasteiger partial charge in [0.2, 0.25) is 0 Å². The topological polar surface area (TPSA) is 55.0 Å². The van der Waals surface area contributed by atoms with Gasteiger partial charge in [0.1, 0.15) is 11.9 Å². The average molecular weight is 264 g/mol. The van der Waals surface area contributed by atoms with Gasteiger partial charge >= 0.3 is 5.97 Å². The standard InChI is InChI=1S/C15H24N2O2/c1-5-7-9-13(19-15(18)11(3)4)12-10-16-14(17-12)8-6-2/h10,13H,3,5-9H2,1-2,4H3,(H,16,17). The van der Waals surface area contributed by atoms with Crippen LogP contribution in [-0.4, -0.2) is 15.9 Å². The van der Waals surface area contributed by atoms with Crippen LogP contribution in [0.15, 0.2) is 18.3 Å². The summed E-state index contributed by atoms with van der Waals surface area (Å²) in [5.74, 6) is 0.609. The van der Waals surface area contributed by atoms with Crippen LogP contribution in [0.3, 0.4) is 0 Å². The van der Waals surface area contributed by atoms with Crippen molar-refractivity contribution in [2.24, 2.45) is 0 Å². The van der Waals surface area contributed by atoms with Crippen LogP contribution in [0.5, 0.6) is 0 Å². The normalized spacial score (nSPS) is 12.2. The fourth-order valence-corrected chi connectivity index (χ4v) is 1.80. The Bertz CT molecular complexity index is 424. The summed E-state index contributed by atoms with van der Waals surface area (Å²) >= 11 is 0. The molecule has 0 fully saturated rings. The maximum absolute atomic E-state index is 11.7. The second-order valence-electron chi connectivity index (χ2n) is 4.85. The minimum absolute atomic E-state index is 0.248. The molecule has 0 bridgehead atoms. The van der Waals surface area contributed by atoms with Gasteiger partial charge in [-0.3, -0.25) is 0 Å². The van der Waals surface area contributed by atoms with Gasteiger partial charge in [-0.2, -0.15) is 0 Å². The number of esters is 1. The van der Waals surface area contributed by atoms with Crippen LogP contribution in [0.1, 0.15) is 64.1 Å².